The van der Waals surface area contributed by atoms with Gasteiger partial charge in [0.15, 0.2) is 0 Å². The third kappa shape index (κ3) is 3.80. The molecule has 0 spiro atoms. The number of hydrogen-bond acceptors (Lipinski definition) is 4. The molecule has 2 aromatic carbocycles. The molecule has 3 rings (SSSR count). The van der Waals surface area contributed by atoms with E-state index in [1.807, 2.05) is 0 Å². The van der Waals surface area contributed by atoms with Gasteiger partial charge in [-0.05, 0) is 24.3 Å². The van der Waals surface area contributed by atoms with Crippen molar-refractivity contribution in [3.8, 4) is 11.5 Å². The molecule has 1 aromatic heterocycles. The Labute approximate surface area is 151 Å². The topological polar surface area (TPSA) is 77.1 Å². The van der Waals surface area contributed by atoms with Crippen LogP contribution in [0, 0.1) is 11.6 Å². The van der Waals surface area contributed by atoms with Gasteiger partial charge in [0.1, 0.15) is 18.2 Å². The number of nitrogens with zero attached hydrogens (tertiary/aromatic N) is 2. The van der Waals surface area contributed by atoms with E-state index in [-0.39, 0.29) is 16.5 Å². The lowest BCUT2D eigenvalue weighted by molar-refractivity contribution is -0.122. The molecule has 1 N–H and O–H groups in total. The van der Waals surface area contributed by atoms with Crippen molar-refractivity contribution in [3.63, 3.8) is 0 Å². The van der Waals surface area contributed by atoms with Gasteiger partial charge in [0.2, 0.25) is 11.8 Å². The molecule has 0 aliphatic carbocycles. The summed E-state index contributed by atoms with van der Waals surface area (Å²) in [5.74, 6) is -3.21. The number of benzene rings is 2. The summed E-state index contributed by atoms with van der Waals surface area (Å²) < 4.78 is 33.2. The number of halogens is 3. The number of carbonyl (C=O) groups is 1. The molecule has 1 amide bonds. The molecule has 0 aliphatic heterocycles. The van der Waals surface area contributed by atoms with Gasteiger partial charge in [-0.15, -0.1) is 5.10 Å². The average Bonchev–Trinajstić information content (AvgIpc) is 3.00. The summed E-state index contributed by atoms with van der Waals surface area (Å²) in [6.45, 7) is -0.881. The third-order valence-corrected chi connectivity index (χ3v) is 3.81. The molecule has 0 saturated heterocycles. The lowest BCUT2D eigenvalue weighted by Gasteiger charge is -2.08. The average molecular weight is 380 g/mol. The Balaban J connectivity index is 1.69. The van der Waals surface area contributed by atoms with E-state index in [1.54, 1.807) is 30.3 Å². The van der Waals surface area contributed by atoms with Crippen LogP contribution in [0.3, 0.4) is 0 Å². The monoisotopic (exact) mass is 379 g/mol. The van der Waals surface area contributed by atoms with Gasteiger partial charge in [-0.3, -0.25) is 4.79 Å². The first kappa shape index (κ1) is 17.8. The summed E-state index contributed by atoms with van der Waals surface area (Å²) >= 11 is 5.59. The van der Waals surface area contributed by atoms with E-state index < -0.39 is 36.4 Å². The number of hydrogen-bond donors (Lipinski definition) is 1. The Bertz CT molecular complexity index is 1000. The summed E-state index contributed by atoms with van der Waals surface area (Å²) in [5.41, 5.74) is 0.204. The van der Waals surface area contributed by atoms with Crippen LogP contribution >= 0.6 is 11.6 Å². The van der Waals surface area contributed by atoms with Crippen LogP contribution in [0.15, 0.2) is 51.7 Å². The normalized spacial score (nSPS) is 10.7. The van der Waals surface area contributed by atoms with Gasteiger partial charge in [0.05, 0.1) is 5.02 Å². The van der Waals surface area contributed by atoms with Crippen LogP contribution in [0.1, 0.15) is 5.56 Å². The Morgan fingerprint density at radius 2 is 1.92 bits per heavy atom. The Morgan fingerprint density at radius 1 is 1.19 bits per heavy atom. The van der Waals surface area contributed by atoms with Crippen molar-refractivity contribution in [1.29, 1.82) is 0 Å². The van der Waals surface area contributed by atoms with Crippen LogP contribution in [-0.2, 0) is 17.9 Å². The van der Waals surface area contributed by atoms with Gasteiger partial charge < -0.3 is 9.73 Å². The summed E-state index contributed by atoms with van der Waals surface area (Å²) in [4.78, 5) is 23.8. The molecule has 0 saturated carbocycles. The maximum Gasteiger partial charge on any atom is 0.437 e. The van der Waals surface area contributed by atoms with Crippen LogP contribution < -0.4 is 11.1 Å². The second-order valence-electron chi connectivity index (χ2n) is 5.30. The van der Waals surface area contributed by atoms with Gasteiger partial charge in [-0.1, -0.05) is 29.8 Å². The molecule has 0 bridgehead atoms. The molecule has 1 heterocycles. The molecule has 9 heteroatoms. The minimum atomic E-state index is -0.947. The summed E-state index contributed by atoms with van der Waals surface area (Å²) in [6.07, 6.45) is 0. The Morgan fingerprint density at radius 3 is 2.65 bits per heavy atom. The van der Waals surface area contributed by atoms with Crippen molar-refractivity contribution >= 4 is 17.5 Å². The van der Waals surface area contributed by atoms with Crippen molar-refractivity contribution in [2.45, 2.75) is 13.1 Å². The third-order valence-electron chi connectivity index (χ3n) is 3.52. The van der Waals surface area contributed by atoms with E-state index >= 15 is 0 Å². The highest BCUT2D eigenvalue weighted by Gasteiger charge is 2.16. The Hall–Kier alpha value is -3.00. The fraction of sp³-hybridized carbons (Fsp3) is 0.118. The number of amides is 1. The van der Waals surface area contributed by atoms with Crippen molar-refractivity contribution in [3.05, 3.63) is 75.2 Å². The highest BCUT2D eigenvalue weighted by Crippen LogP contribution is 2.20. The van der Waals surface area contributed by atoms with Gasteiger partial charge in [0, 0.05) is 17.7 Å². The van der Waals surface area contributed by atoms with Crippen LogP contribution in [0.25, 0.3) is 11.5 Å². The van der Waals surface area contributed by atoms with Crippen LogP contribution in [-0.4, -0.2) is 15.7 Å². The standard InChI is InChI=1S/C17H12ClF2N3O3/c18-12-6-7-13(19)11(15(12)20)8-21-14(24)9-23-17(25)26-16(22-23)10-4-2-1-3-5-10/h1-7H,8-9H2,(H,21,24). The van der Waals surface area contributed by atoms with E-state index in [2.05, 4.69) is 10.4 Å². The molecule has 0 unspecified atom stereocenters. The molecule has 6 nitrogen and oxygen atoms in total. The molecular formula is C17H12ClF2N3O3. The van der Waals surface area contributed by atoms with E-state index in [1.165, 1.54) is 0 Å². The second kappa shape index (κ2) is 7.49. The zero-order chi connectivity index (χ0) is 18.7. The highest BCUT2D eigenvalue weighted by molar-refractivity contribution is 6.30. The lowest BCUT2D eigenvalue weighted by atomic mass is 10.2. The maximum absolute atomic E-state index is 13.8. The molecule has 0 aliphatic rings. The van der Waals surface area contributed by atoms with Crippen molar-refractivity contribution in [2.75, 3.05) is 0 Å². The predicted molar refractivity (Wildman–Crippen MR) is 89.4 cm³/mol. The predicted octanol–water partition coefficient (Wildman–Crippen LogP) is 2.75. The van der Waals surface area contributed by atoms with Crippen LogP contribution in [0.5, 0.6) is 0 Å². The number of aromatic nitrogens is 2. The first-order valence-electron chi connectivity index (χ1n) is 7.48. The van der Waals surface area contributed by atoms with Crippen molar-refractivity contribution < 1.29 is 18.0 Å². The maximum atomic E-state index is 13.8. The lowest BCUT2D eigenvalue weighted by Crippen LogP contribution is -2.31. The van der Waals surface area contributed by atoms with Crippen molar-refractivity contribution in [1.82, 2.24) is 15.1 Å². The molecule has 0 radical (unpaired) electrons. The molecular weight excluding hydrogens is 368 g/mol. The zero-order valence-corrected chi connectivity index (χ0v) is 14.0. The summed E-state index contributed by atoms with van der Waals surface area (Å²) in [7, 11) is 0. The number of rotatable bonds is 5. The van der Waals surface area contributed by atoms with Gasteiger partial charge in [0.25, 0.3) is 0 Å². The van der Waals surface area contributed by atoms with E-state index in [4.69, 9.17) is 16.0 Å². The molecule has 134 valence electrons. The molecule has 3 aromatic rings. The molecule has 0 fully saturated rings. The second-order valence-corrected chi connectivity index (χ2v) is 5.70. The fourth-order valence-corrected chi connectivity index (χ4v) is 2.39. The van der Waals surface area contributed by atoms with Crippen LogP contribution in [0.4, 0.5) is 8.78 Å². The van der Waals surface area contributed by atoms with Gasteiger partial charge in [-0.25, -0.2) is 13.6 Å². The van der Waals surface area contributed by atoms with E-state index in [0.29, 0.717) is 5.56 Å². The summed E-state index contributed by atoms with van der Waals surface area (Å²) in [5, 5.41) is 5.99. The first-order valence-corrected chi connectivity index (χ1v) is 7.86. The SMILES string of the molecule is O=C(Cn1nc(-c2ccccc2)oc1=O)NCc1c(F)ccc(Cl)c1F. The first-order chi connectivity index (χ1) is 12.5. The number of carbonyl (C=O) groups excluding carboxylic acids is 1. The Kier molecular flexibility index (Phi) is 5.13. The van der Waals surface area contributed by atoms with Crippen LogP contribution in [0.2, 0.25) is 5.02 Å². The van der Waals surface area contributed by atoms with E-state index in [9.17, 15) is 18.4 Å². The van der Waals surface area contributed by atoms with Crippen molar-refractivity contribution in [2.24, 2.45) is 0 Å². The zero-order valence-electron chi connectivity index (χ0n) is 13.2. The smallest absolute Gasteiger partial charge is 0.388 e. The van der Waals surface area contributed by atoms with Gasteiger partial charge >= 0.3 is 5.76 Å². The molecule has 26 heavy (non-hydrogen) atoms. The minimum absolute atomic E-state index is 0.0651. The quantitative estimate of drug-likeness (QED) is 0.691. The summed E-state index contributed by atoms with van der Waals surface area (Å²) in [6, 6.07) is 10.8. The molecule has 0 atom stereocenters. The number of nitrogens with one attached hydrogen (secondary N) is 1. The van der Waals surface area contributed by atoms with E-state index in [0.717, 1.165) is 16.8 Å². The minimum Gasteiger partial charge on any atom is -0.388 e. The van der Waals surface area contributed by atoms with Gasteiger partial charge in [-0.2, -0.15) is 4.68 Å². The fourth-order valence-electron chi connectivity index (χ4n) is 2.21. The largest absolute Gasteiger partial charge is 0.437 e. The highest BCUT2D eigenvalue weighted by atomic mass is 35.5.